The summed E-state index contributed by atoms with van der Waals surface area (Å²) in [6.45, 7) is 0. The van der Waals surface area contributed by atoms with E-state index in [2.05, 4.69) is 34.0 Å². The first-order valence-corrected chi connectivity index (χ1v) is 8.06. The zero-order chi connectivity index (χ0) is 16.9. The molecule has 2 aromatic rings. The van der Waals surface area contributed by atoms with Crippen LogP contribution in [0.4, 0.5) is 5.69 Å². The number of nitrogens with one attached hydrogen (secondary N) is 2. The molecule has 0 unspecified atom stereocenters. The molecule has 0 amide bonds. The van der Waals surface area contributed by atoms with Crippen LogP contribution >= 0.6 is 12.2 Å². The second-order valence-corrected chi connectivity index (χ2v) is 5.76. The van der Waals surface area contributed by atoms with E-state index in [1.807, 2.05) is 24.3 Å². The van der Waals surface area contributed by atoms with Crippen molar-refractivity contribution in [3.05, 3.63) is 53.6 Å². The molecule has 0 saturated heterocycles. The Hall–Kier alpha value is -2.60. The molecule has 1 aliphatic rings. The van der Waals surface area contributed by atoms with Crippen molar-refractivity contribution in [1.82, 2.24) is 5.43 Å². The lowest BCUT2D eigenvalue weighted by atomic mass is 10.1. The SMILES string of the molecule is COc1ccc(NC(=S)NN=C2CCc3ccccc32)cc1OC. The highest BCUT2D eigenvalue weighted by Gasteiger charge is 2.16. The molecule has 0 saturated carbocycles. The predicted octanol–water partition coefficient (Wildman–Crippen LogP) is 3.34. The van der Waals surface area contributed by atoms with Gasteiger partial charge in [-0.1, -0.05) is 24.3 Å². The molecule has 6 heteroatoms. The normalized spacial score (nSPS) is 14.2. The van der Waals surface area contributed by atoms with Crippen LogP contribution in [0.15, 0.2) is 47.6 Å². The number of benzene rings is 2. The standard InChI is InChI=1S/C18H19N3O2S/c1-22-16-10-8-13(11-17(16)23-2)19-18(24)21-20-15-9-7-12-5-3-4-6-14(12)15/h3-6,8,10-11H,7,9H2,1-2H3,(H2,19,21,24). The summed E-state index contributed by atoms with van der Waals surface area (Å²) in [6.07, 6.45) is 1.94. The summed E-state index contributed by atoms with van der Waals surface area (Å²) in [4.78, 5) is 0. The number of hydrogen-bond acceptors (Lipinski definition) is 4. The van der Waals surface area contributed by atoms with Crippen LogP contribution < -0.4 is 20.2 Å². The van der Waals surface area contributed by atoms with Crippen molar-refractivity contribution >= 4 is 28.7 Å². The summed E-state index contributed by atoms with van der Waals surface area (Å²) < 4.78 is 10.5. The van der Waals surface area contributed by atoms with E-state index in [0.29, 0.717) is 16.6 Å². The van der Waals surface area contributed by atoms with Gasteiger partial charge in [0.15, 0.2) is 16.6 Å². The molecule has 0 aliphatic heterocycles. The van der Waals surface area contributed by atoms with Gasteiger partial charge in [-0.05, 0) is 42.8 Å². The van der Waals surface area contributed by atoms with Gasteiger partial charge in [0.2, 0.25) is 0 Å². The van der Waals surface area contributed by atoms with E-state index in [1.54, 1.807) is 14.2 Å². The van der Waals surface area contributed by atoms with Crippen molar-refractivity contribution in [2.45, 2.75) is 12.8 Å². The number of methoxy groups -OCH3 is 2. The van der Waals surface area contributed by atoms with Crippen LogP contribution in [0, 0.1) is 0 Å². The first-order valence-electron chi connectivity index (χ1n) is 7.65. The number of hydrogen-bond donors (Lipinski definition) is 2. The van der Waals surface area contributed by atoms with Gasteiger partial charge >= 0.3 is 0 Å². The number of nitrogens with zero attached hydrogens (tertiary/aromatic N) is 1. The molecule has 124 valence electrons. The van der Waals surface area contributed by atoms with Gasteiger partial charge in [-0.3, -0.25) is 5.43 Å². The molecule has 5 nitrogen and oxygen atoms in total. The summed E-state index contributed by atoms with van der Waals surface area (Å²) in [7, 11) is 3.20. The van der Waals surface area contributed by atoms with Crippen molar-refractivity contribution in [2.24, 2.45) is 5.10 Å². The van der Waals surface area contributed by atoms with Gasteiger partial charge in [-0.25, -0.2) is 0 Å². The average Bonchev–Trinajstić information content (AvgIpc) is 3.03. The Balaban J connectivity index is 1.66. The third-order valence-electron chi connectivity index (χ3n) is 3.89. The maximum atomic E-state index is 5.31. The van der Waals surface area contributed by atoms with Crippen LogP contribution in [0.3, 0.4) is 0 Å². The second-order valence-electron chi connectivity index (χ2n) is 5.35. The topological polar surface area (TPSA) is 54.9 Å². The Morgan fingerprint density at radius 1 is 1.04 bits per heavy atom. The van der Waals surface area contributed by atoms with Gasteiger partial charge in [0, 0.05) is 17.3 Å². The molecule has 3 rings (SSSR count). The molecule has 0 bridgehead atoms. The molecule has 0 aromatic heterocycles. The first kappa shape index (κ1) is 16.3. The minimum atomic E-state index is 0.430. The van der Waals surface area contributed by atoms with Crippen molar-refractivity contribution in [2.75, 3.05) is 19.5 Å². The molecule has 0 spiro atoms. The van der Waals surface area contributed by atoms with E-state index >= 15 is 0 Å². The average molecular weight is 341 g/mol. The molecular weight excluding hydrogens is 322 g/mol. The number of aryl methyl sites for hydroxylation is 1. The Morgan fingerprint density at radius 2 is 1.83 bits per heavy atom. The lowest BCUT2D eigenvalue weighted by molar-refractivity contribution is 0.355. The highest BCUT2D eigenvalue weighted by Crippen LogP contribution is 2.29. The fourth-order valence-corrected chi connectivity index (χ4v) is 2.88. The number of hydrazone groups is 1. The number of rotatable bonds is 4. The predicted molar refractivity (Wildman–Crippen MR) is 100 cm³/mol. The molecule has 2 N–H and O–H groups in total. The fourth-order valence-electron chi connectivity index (χ4n) is 2.71. The van der Waals surface area contributed by atoms with Crippen molar-refractivity contribution in [3.8, 4) is 11.5 Å². The third kappa shape index (κ3) is 3.49. The Morgan fingerprint density at radius 3 is 2.62 bits per heavy atom. The zero-order valence-electron chi connectivity index (χ0n) is 13.6. The lowest BCUT2D eigenvalue weighted by Gasteiger charge is -2.11. The molecule has 0 fully saturated rings. The molecule has 24 heavy (non-hydrogen) atoms. The first-order chi connectivity index (χ1) is 11.7. The van der Waals surface area contributed by atoms with E-state index in [0.717, 1.165) is 24.2 Å². The minimum absolute atomic E-state index is 0.430. The third-order valence-corrected chi connectivity index (χ3v) is 4.09. The molecule has 0 heterocycles. The van der Waals surface area contributed by atoms with Crippen LogP contribution in [0.2, 0.25) is 0 Å². The van der Waals surface area contributed by atoms with Crippen LogP contribution in [-0.4, -0.2) is 25.0 Å². The summed E-state index contributed by atoms with van der Waals surface area (Å²) in [5.41, 5.74) is 7.27. The Bertz CT molecular complexity index is 790. The van der Waals surface area contributed by atoms with Gasteiger partial charge in [0.25, 0.3) is 0 Å². The number of fused-ring (bicyclic) bond motifs is 1. The highest BCUT2D eigenvalue weighted by molar-refractivity contribution is 7.80. The maximum Gasteiger partial charge on any atom is 0.191 e. The molecule has 0 atom stereocenters. The summed E-state index contributed by atoms with van der Waals surface area (Å²) in [6, 6.07) is 13.8. The minimum Gasteiger partial charge on any atom is -0.493 e. The number of thiocarbonyl (C=S) groups is 1. The Labute approximate surface area is 146 Å². The molecule has 1 aliphatic carbocycles. The van der Waals surface area contributed by atoms with Gasteiger partial charge < -0.3 is 14.8 Å². The number of anilines is 1. The maximum absolute atomic E-state index is 5.31. The van der Waals surface area contributed by atoms with Crippen molar-refractivity contribution in [1.29, 1.82) is 0 Å². The van der Waals surface area contributed by atoms with Crippen molar-refractivity contribution < 1.29 is 9.47 Å². The quantitative estimate of drug-likeness (QED) is 0.660. The largest absolute Gasteiger partial charge is 0.493 e. The van der Waals surface area contributed by atoms with Crippen LogP contribution in [0.25, 0.3) is 0 Å². The van der Waals surface area contributed by atoms with Crippen LogP contribution in [-0.2, 0) is 6.42 Å². The number of ether oxygens (including phenoxy) is 2. The van der Waals surface area contributed by atoms with E-state index in [1.165, 1.54) is 11.1 Å². The summed E-state index contributed by atoms with van der Waals surface area (Å²) >= 11 is 5.31. The van der Waals surface area contributed by atoms with Gasteiger partial charge in [0.1, 0.15) is 0 Å². The monoisotopic (exact) mass is 341 g/mol. The smallest absolute Gasteiger partial charge is 0.191 e. The molecule has 0 radical (unpaired) electrons. The Kier molecular flexibility index (Phi) is 4.96. The van der Waals surface area contributed by atoms with Crippen molar-refractivity contribution in [3.63, 3.8) is 0 Å². The van der Waals surface area contributed by atoms with Crippen LogP contribution in [0.5, 0.6) is 11.5 Å². The van der Waals surface area contributed by atoms with E-state index in [-0.39, 0.29) is 0 Å². The van der Waals surface area contributed by atoms with E-state index in [9.17, 15) is 0 Å². The molecular formula is C18H19N3O2S. The van der Waals surface area contributed by atoms with E-state index < -0.39 is 0 Å². The van der Waals surface area contributed by atoms with E-state index in [4.69, 9.17) is 21.7 Å². The zero-order valence-corrected chi connectivity index (χ0v) is 14.4. The lowest BCUT2D eigenvalue weighted by Crippen LogP contribution is -2.25. The highest BCUT2D eigenvalue weighted by atomic mass is 32.1. The molecule has 2 aromatic carbocycles. The second kappa shape index (κ2) is 7.31. The van der Waals surface area contributed by atoms with Gasteiger partial charge in [0.05, 0.1) is 19.9 Å². The van der Waals surface area contributed by atoms with Crippen LogP contribution in [0.1, 0.15) is 17.5 Å². The summed E-state index contributed by atoms with van der Waals surface area (Å²) in [5.74, 6) is 1.31. The fraction of sp³-hybridized carbons (Fsp3) is 0.222. The van der Waals surface area contributed by atoms with Gasteiger partial charge in [-0.2, -0.15) is 5.10 Å². The summed E-state index contributed by atoms with van der Waals surface area (Å²) in [5, 5.41) is 7.97. The van der Waals surface area contributed by atoms with Gasteiger partial charge in [-0.15, -0.1) is 0 Å².